The van der Waals surface area contributed by atoms with Gasteiger partial charge in [0.25, 0.3) is 5.69 Å². The lowest BCUT2D eigenvalue weighted by atomic mass is 10.1. The lowest BCUT2D eigenvalue weighted by Gasteiger charge is -2.31. The molecule has 0 bridgehead atoms. The maximum atomic E-state index is 13.9. The molecule has 0 amide bonds. The van der Waals surface area contributed by atoms with Gasteiger partial charge in [-0.05, 0) is 64.4 Å². The summed E-state index contributed by atoms with van der Waals surface area (Å²) in [5.74, 6) is -1.48. The maximum absolute atomic E-state index is 13.9. The van der Waals surface area contributed by atoms with Crippen LogP contribution in [0.3, 0.4) is 0 Å². The number of hydrogen-bond donors (Lipinski definition) is 1. The number of hydrogen-bond acceptors (Lipinski definition) is 8. The van der Waals surface area contributed by atoms with Gasteiger partial charge in [0, 0.05) is 17.8 Å². The Morgan fingerprint density at radius 2 is 1.66 bits per heavy atom. The Bertz CT molecular complexity index is 962. The van der Waals surface area contributed by atoms with Crippen molar-refractivity contribution in [1.82, 2.24) is 0 Å². The Morgan fingerprint density at radius 1 is 1.06 bits per heavy atom. The van der Waals surface area contributed by atoms with E-state index < -0.39 is 36.5 Å². The molecule has 10 heteroatoms. The normalized spacial score (nSPS) is 12.6. The molecule has 2 aromatic rings. The van der Waals surface area contributed by atoms with E-state index in [-0.39, 0.29) is 12.3 Å². The Labute approximate surface area is 187 Å². The number of nitrogens with one attached hydrogen (secondary N) is 1. The average Bonchev–Trinajstić information content (AvgIpc) is 2.71. The van der Waals surface area contributed by atoms with Crippen LogP contribution in [0.4, 0.5) is 11.4 Å². The number of nitrogens with zero attached hydrogens (tertiary/aromatic N) is 1. The number of carbonyl (C=O) groups is 1. The molecule has 0 saturated heterocycles. The Kier molecular flexibility index (Phi) is 8.95. The van der Waals surface area contributed by atoms with E-state index in [1.165, 1.54) is 18.2 Å². The van der Waals surface area contributed by atoms with Crippen molar-refractivity contribution in [3.05, 3.63) is 69.8 Å². The fourth-order valence-electron chi connectivity index (χ4n) is 2.96. The fourth-order valence-corrected chi connectivity index (χ4v) is 5.26. The predicted molar refractivity (Wildman–Crippen MR) is 122 cm³/mol. The molecular formula is C22H29N2O7P. The van der Waals surface area contributed by atoms with Gasteiger partial charge in [0.1, 0.15) is 0 Å². The molecule has 1 N–H and O–H groups in total. The van der Waals surface area contributed by atoms with Crippen molar-refractivity contribution in [2.24, 2.45) is 0 Å². The molecule has 32 heavy (non-hydrogen) atoms. The smallest absolute Gasteiger partial charge is 0.357 e. The summed E-state index contributed by atoms with van der Waals surface area (Å²) < 4.78 is 30.4. The van der Waals surface area contributed by atoms with Gasteiger partial charge in [-0.2, -0.15) is 0 Å². The third kappa shape index (κ3) is 6.88. The molecule has 0 spiro atoms. The van der Waals surface area contributed by atoms with E-state index >= 15 is 0 Å². The topological polar surface area (TPSA) is 117 Å². The molecule has 1 atom stereocenters. The number of rotatable bonds is 11. The molecule has 0 saturated carbocycles. The zero-order chi connectivity index (χ0) is 23.9. The van der Waals surface area contributed by atoms with E-state index in [1.807, 2.05) is 0 Å². The van der Waals surface area contributed by atoms with Crippen LogP contribution < -0.4 is 5.32 Å². The fraction of sp³-hybridized carbons (Fsp3) is 0.409. The molecule has 9 nitrogen and oxygen atoms in total. The monoisotopic (exact) mass is 464 g/mol. The standard InChI is InChI=1S/C22H29N2O7P/c1-6-29-22(25)17-10-12-19(13-11-17)23-21(18-8-7-9-20(14-18)24(26)27)32(28,30-15(2)3)31-16(4)5/h7-16,21,23H,6H2,1-5H3/t21-/m1/s1. The summed E-state index contributed by atoms with van der Waals surface area (Å²) >= 11 is 0. The molecule has 0 aliphatic heterocycles. The zero-order valence-corrected chi connectivity index (χ0v) is 19.7. The first-order valence-corrected chi connectivity index (χ1v) is 11.9. The number of benzene rings is 2. The van der Waals surface area contributed by atoms with Gasteiger partial charge in [0.15, 0.2) is 5.78 Å². The van der Waals surface area contributed by atoms with Crippen LogP contribution >= 0.6 is 7.60 Å². The van der Waals surface area contributed by atoms with Crippen molar-refractivity contribution >= 4 is 24.9 Å². The SMILES string of the molecule is CCOC(=O)c1ccc(N[C@@H](c2cccc([N+](=O)[O-])c2)P(=O)(OC(C)C)OC(C)C)cc1. The quantitative estimate of drug-likeness (QED) is 0.188. The summed E-state index contributed by atoms with van der Waals surface area (Å²) in [4.78, 5) is 22.7. The van der Waals surface area contributed by atoms with Gasteiger partial charge in [0.05, 0.1) is 29.3 Å². The second-order valence-electron chi connectivity index (χ2n) is 7.54. The highest BCUT2D eigenvalue weighted by molar-refractivity contribution is 7.54. The third-order valence-corrected chi connectivity index (χ3v) is 6.62. The lowest BCUT2D eigenvalue weighted by molar-refractivity contribution is -0.384. The van der Waals surface area contributed by atoms with Crippen molar-refractivity contribution in [2.45, 2.75) is 52.6 Å². The molecular weight excluding hydrogens is 435 g/mol. The molecule has 0 aliphatic carbocycles. The first kappa shape index (κ1) is 25.5. The molecule has 0 aliphatic rings. The number of nitro groups is 1. The number of nitro benzene ring substituents is 1. The van der Waals surface area contributed by atoms with Crippen LogP contribution in [0.2, 0.25) is 0 Å². The van der Waals surface area contributed by atoms with Crippen LogP contribution in [-0.4, -0.2) is 29.7 Å². The largest absolute Gasteiger partial charge is 0.462 e. The van der Waals surface area contributed by atoms with Crippen LogP contribution in [0.1, 0.15) is 56.3 Å². The Hall–Kier alpha value is -2.74. The number of non-ortho nitro benzene ring substituents is 1. The molecule has 2 aromatic carbocycles. The van der Waals surface area contributed by atoms with E-state index in [2.05, 4.69) is 5.32 Å². The van der Waals surface area contributed by atoms with Crippen molar-refractivity contribution in [3.63, 3.8) is 0 Å². The average molecular weight is 464 g/mol. The van der Waals surface area contributed by atoms with Crippen LogP contribution in [0.15, 0.2) is 48.5 Å². The highest BCUT2D eigenvalue weighted by Crippen LogP contribution is 2.62. The van der Waals surface area contributed by atoms with Crippen LogP contribution in [-0.2, 0) is 18.3 Å². The first-order valence-electron chi connectivity index (χ1n) is 10.3. The summed E-state index contributed by atoms with van der Waals surface area (Å²) in [6.45, 7) is 8.91. The number of ether oxygens (including phenoxy) is 1. The van der Waals surface area contributed by atoms with Crippen molar-refractivity contribution < 1.29 is 28.1 Å². The number of anilines is 1. The van der Waals surface area contributed by atoms with Gasteiger partial charge in [-0.25, -0.2) is 4.79 Å². The van der Waals surface area contributed by atoms with Crippen LogP contribution in [0, 0.1) is 10.1 Å². The van der Waals surface area contributed by atoms with E-state index in [4.69, 9.17) is 13.8 Å². The molecule has 0 radical (unpaired) electrons. The molecule has 0 fully saturated rings. The number of carbonyl (C=O) groups excluding carboxylic acids is 1. The van der Waals surface area contributed by atoms with Gasteiger partial charge >= 0.3 is 13.6 Å². The summed E-state index contributed by atoms with van der Waals surface area (Å²) in [7, 11) is -3.85. The Balaban J connectivity index is 2.50. The molecule has 0 unspecified atom stereocenters. The molecule has 0 aromatic heterocycles. The minimum absolute atomic E-state index is 0.146. The maximum Gasteiger partial charge on any atom is 0.357 e. The second-order valence-corrected chi connectivity index (χ2v) is 9.56. The van der Waals surface area contributed by atoms with E-state index in [9.17, 15) is 19.5 Å². The highest BCUT2D eigenvalue weighted by Gasteiger charge is 2.40. The van der Waals surface area contributed by atoms with Crippen molar-refractivity contribution in [3.8, 4) is 0 Å². The van der Waals surface area contributed by atoms with Crippen LogP contribution in [0.5, 0.6) is 0 Å². The minimum Gasteiger partial charge on any atom is -0.462 e. The summed E-state index contributed by atoms with van der Waals surface area (Å²) in [6.07, 6.45) is -0.845. The van der Waals surface area contributed by atoms with Gasteiger partial charge in [-0.1, -0.05) is 12.1 Å². The third-order valence-electron chi connectivity index (χ3n) is 4.13. The molecule has 2 rings (SSSR count). The van der Waals surface area contributed by atoms with Gasteiger partial charge in [-0.15, -0.1) is 0 Å². The lowest BCUT2D eigenvalue weighted by Crippen LogP contribution is -2.19. The molecule has 174 valence electrons. The minimum atomic E-state index is -3.85. The number of esters is 1. The second kappa shape index (κ2) is 11.2. The summed E-state index contributed by atoms with van der Waals surface area (Å²) in [6, 6.07) is 12.2. The van der Waals surface area contributed by atoms with E-state index in [0.29, 0.717) is 16.8 Å². The van der Waals surface area contributed by atoms with Crippen molar-refractivity contribution in [2.75, 3.05) is 11.9 Å². The summed E-state index contributed by atoms with van der Waals surface area (Å²) in [5.41, 5.74) is 1.12. The molecule has 0 heterocycles. The summed E-state index contributed by atoms with van der Waals surface area (Å²) in [5, 5.41) is 14.4. The van der Waals surface area contributed by atoms with Crippen LogP contribution in [0.25, 0.3) is 0 Å². The van der Waals surface area contributed by atoms with Crippen molar-refractivity contribution in [1.29, 1.82) is 0 Å². The predicted octanol–water partition coefficient (Wildman–Crippen LogP) is 5.93. The highest BCUT2D eigenvalue weighted by atomic mass is 31.2. The zero-order valence-electron chi connectivity index (χ0n) is 18.8. The van der Waals surface area contributed by atoms with Gasteiger partial charge in [0.2, 0.25) is 0 Å². The Morgan fingerprint density at radius 3 is 2.16 bits per heavy atom. The van der Waals surface area contributed by atoms with Gasteiger partial charge in [-0.3, -0.25) is 14.7 Å². The van der Waals surface area contributed by atoms with Gasteiger partial charge < -0.3 is 19.1 Å². The van der Waals surface area contributed by atoms with E-state index in [0.717, 1.165) is 0 Å². The van der Waals surface area contributed by atoms with E-state index in [1.54, 1.807) is 65.0 Å². The first-order chi connectivity index (χ1) is 15.1.